The van der Waals surface area contributed by atoms with Gasteiger partial charge in [0.05, 0.1) is 12.2 Å². The second kappa shape index (κ2) is 5.16. The highest BCUT2D eigenvalue weighted by atomic mass is 35.5. The Labute approximate surface area is 105 Å². The van der Waals surface area contributed by atoms with Gasteiger partial charge in [-0.25, -0.2) is 9.97 Å². The molecule has 1 fully saturated rings. The lowest BCUT2D eigenvalue weighted by Gasteiger charge is -2.20. The SMILES string of the molecule is CCCc1c(Cl)ncnc1N1CC(O)C(O)C1. The molecule has 94 valence electrons. The maximum Gasteiger partial charge on any atom is 0.137 e. The summed E-state index contributed by atoms with van der Waals surface area (Å²) in [7, 11) is 0. The van der Waals surface area contributed by atoms with Crippen molar-refractivity contribution in [2.75, 3.05) is 18.0 Å². The summed E-state index contributed by atoms with van der Waals surface area (Å²) >= 11 is 6.06. The van der Waals surface area contributed by atoms with Gasteiger partial charge in [0.2, 0.25) is 0 Å². The van der Waals surface area contributed by atoms with Gasteiger partial charge in [0.25, 0.3) is 0 Å². The van der Waals surface area contributed by atoms with Gasteiger partial charge in [0, 0.05) is 18.7 Å². The average Bonchev–Trinajstić information content (AvgIpc) is 2.62. The van der Waals surface area contributed by atoms with Crippen LogP contribution in [0.2, 0.25) is 5.15 Å². The molecule has 2 heterocycles. The molecule has 0 spiro atoms. The molecule has 0 radical (unpaired) electrons. The van der Waals surface area contributed by atoms with Gasteiger partial charge in [-0.3, -0.25) is 0 Å². The van der Waals surface area contributed by atoms with E-state index in [2.05, 4.69) is 16.9 Å². The fourth-order valence-corrected chi connectivity index (χ4v) is 2.28. The van der Waals surface area contributed by atoms with Crippen LogP contribution in [-0.4, -0.2) is 45.5 Å². The zero-order valence-electron chi connectivity index (χ0n) is 9.67. The molecule has 1 aromatic rings. The molecule has 0 amide bonds. The number of aromatic nitrogens is 2. The minimum absolute atomic E-state index is 0.380. The lowest BCUT2D eigenvalue weighted by atomic mass is 10.2. The van der Waals surface area contributed by atoms with Crippen LogP contribution in [0, 0.1) is 0 Å². The van der Waals surface area contributed by atoms with Gasteiger partial charge in [-0.2, -0.15) is 0 Å². The molecule has 0 bridgehead atoms. The van der Waals surface area contributed by atoms with E-state index in [0.29, 0.717) is 18.2 Å². The molecule has 2 atom stereocenters. The molecule has 1 aliphatic heterocycles. The van der Waals surface area contributed by atoms with E-state index < -0.39 is 12.2 Å². The fraction of sp³-hybridized carbons (Fsp3) is 0.636. The molecular formula is C11H16ClN3O2. The van der Waals surface area contributed by atoms with E-state index in [1.165, 1.54) is 6.33 Å². The maximum atomic E-state index is 9.55. The van der Waals surface area contributed by atoms with Gasteiger partial charge < -0.3 is 15.1 Å². The molecule has 0 saturated carbocycles. The first-order chi connectivity index (χ1) is 8.13. The van der Waals surface area contributed by atoms with Gasteiger partial charge in [0.1, 0.15) is 17.3 Å². The monoisotopic (exact) mass is 257 g/mol. The standard InChI is InChI=1S/C11H16ClN3O2/c1-2-3-7-10(12)13-6-14-11(7)15-4-8(16)9(17)5-15/h6,8-9,16-17H,2-5H2,1H3. The van der Waals surface area contributed by atoms with Gasteiger partial charge in [0.15, 0.2) is 0 Å². The number of nitrogens with zero attached hydrogens (tertiary/aromatic N) is 3. The number of aliphatic hydroxyl groups is 2. The Kier molecular flexibility index (Phi) is 3.81. The van der Waals surface area contributed by atoms with Crippen molar-refractivity contribution < 1.29 is 10.2 Å². The van der Waals surface area contributed by atoms with Crippen LogP contribution in [0.25, 0.3) is 0 Å². The van der Waals surface area contributed by atoms with Crippen molar-refractivity contribution >= 4 is 17.4 Å². The minimum atomic E-state index is -0.724. The first-order valence-electron chi connectivity index (χ1n) is 5.74. The van der Waals surface area contributed by atoms with Crippen LogP contribution >= 0.6 is 11.6 Å². The van der Waals surface area contributed by atoms with E-state index in [9.17, 15) is 10.2 Å². The van der Waals surface area contributed by atoms with Gasteiger partial charge >= 0.3 is 0 Å². The average molecular weight is 258 g/mol. The zero-order chi connectivity index (χ0) is 12.4. The third-order valence-corrected chi connectivity index (χ3v) is 3.25. The molecule has 1 aromatic heterocycles. The fourth-order valence-electron chi connectivity index (χ4n) is 2.06. The molecule has 1 aliphatic rings. The Morgan fingerprint density at radius 3 is 2.59 bits per heavy atom. The van der Waals surface area contributed by atoms with Crippen molar-refractivity contribution in [1.82, 2.24) is 9.97 Å². The molecule has 2 rings (SSSR count). The minimum Gasteiger partial charge on any atom is -0.389 e. The highest BCUT2D eigenvalue weighted by Gasteiger charge is 2.31. The summed E-state index contributed by atoms with van der Waals surface area (Å²) in [5.74, 6) is 0.724. The Hall–Kier alpha value is -0.910. The quantitative estimate of drug-likeness (QED) is 0.777. The summed E-state index contributed by atoms with van der Waals surface area (Å²) in [5.41, 5.74) is 0.887. The largest absolute Gasteiger partial charge is 0.389 e. The molecule has 0 aliphatic carbocycles. The number of hydrogen-bond acceptors (Lipinski definition) is 5. The molecule has 2 N–H and O–H groups in total. The molecule has 17 heavy (non-hydrogen) atoms. The Bertz CT molecular complexity index is 392. The molecule has 0 aromatic carbocycles. The van der Waals surface area contributed by atoms with E-state index in [1.807, 2.05) is 4.90 Å². The van der Waals surface area contributed by atoms with Crippen LogP contribution in [0.15, 0.2) is 6.33 Å². The zero-order valence-corrected chi connectivity index (χ0v) is 10.4. The highest BCUT2D eigenvalue weighted by molar-refractivity contribution is 6.30. The first-order valence-corrected chi connectivity index (χ1v) is 6.11. The Morgan fingerprint density at radius 1 is 1.35 bits per heavy atom. The predicted octanol–water partition coefficient (Wildman–Crippen LogP) is 0.624. The number of rotatable bonds is 3. The van der Waals surface area contributed by atoms with Crippen LogP contribution in [0.1, 0.15) is 18.9 Å². The smallest absolute Gasteiger partial charge is 0.137 e. The topological polar surface area (TPSA) is 69.5 Å². The van der Waals surface area contributed by atoms with Crippen molar-refractivity contribution in [3.63, 3.8) is 0 Å². The summed E-state index contributed by atoms with van der Waals surface area (Å²) in [6.07, 6.45) is 1.70. The summed E-state index contributed by atoms with van der Waals surface area (Å²) in [6, 6.07) is 0. The molecule has 2 unspecified atom stereocenters. The van der Waals surface area contributed by atoms with Gasteiger partial charge in [-0.05, 0) is 6.42 Å². The second-order valence-electron chi connectivity index (χ2n) is 4.26. The lowest BCUT2D eigenvalue weighted by molar-refractivity contribution is 0.0572. The maximum absolute atomic E-state index is 9.55. The third-order valence-electron chi connectivity index (χ3n) is 2.93. The lowest BCUT2D eigenvalue weighted by Crippen LogP contribution is -2.24. The van der Waals surface area contributed by atoms with Crippen LogP contribution in [-0.2, 0) is 6.42 Å². The third kappa shape index (κ3) is 2.51. The van der Waals surface area contributed by atoms with E-state index in [-0.39, 0.29) is 0 Å². The van der Waals surface area contributed by atoms with Gasteiger partial charge in [-0.1, -0.05) is 24.9 Å². The van der Waals surface area contributed by atoms with Crippen molar-refractivity contribution in [1.29, 1.82) is 0 Å². The molecular weight excluding hydrogens is 242 g/mol. The predicted molar refractivity (Wildman–Crippen MR) is 65.3 cm³/mol. The molecule has 5 nitrogen and oxygen atoms in total. The van der Waals surface area contributed by atoms with Crippen LogP contribution in [0.5, 0.6) is 0 Å². The Morgan fingerprint density at radius 2 is 2.00 bits per heavy atom. The second-order valence-corrected chi connectivity index (χ2v) is 4.61. The van der Waals surface area contributed by atoms with Gasteiger partial charge in [-0.15, -0.1) is 0 Å². The summed E-state index contributed by atoms with van der Waals surface area (Å²) in [6.45, 7) is 2.82. The number of hydrogen-bond donors (Lipinski definition) is 2. The summed E-state index contributed by atoms with van der Waals surface area (Å²) < 4.78 is 0. The normalized spacial score (nSPS) is 24.4. The van der Waals surface area contributed by atoms with Crippen LogP contribution in [0.4, 0.5) is 5.82 Å². The van der Waals surface area contributed by atoms with E-state index in [0.717, 1.165) is 24.2 Å². The number of aliphatic hydroxyl groups excluding tert-OH is 2. The van der Waals surface area contributed by atoms with Crippen molar-refractivity contribution in [3.05, 3.63) is 17.0 Å². The summed E-state index contributed by atoms with van der Waals surface area (Å²) in [4.78, 5) is 10.0. The molecule has 6 heteroatoms. The van der Waals surface area contributed by atoms with E-state index in [1.54, 1.807) is 0 Å². The number of halogens is 1. The van der Waals surface area contributed by atoms with Crippen molar-refractivity contribution in [2.45, 2.75) is 32.0 Å². The Balaban J connectivity index is 2.29. The van der Waals surface area contributed by atoms with Crippen LogP contribution in [0.3, 0.4) is 0 Å². The van der Waals surface area contributed by atoms with E-state index >= 15 is 0 Å². The summed E-state index contributed by atoms with van der Waals surface area (Å²) in [5, 5.41) is 19.6. The molecule has 1 saturated heterocycles. The highest BCUT2D eigenvalue weighted by Crippen LogP contribution is 2.27. The number of anilines is 1. The number of β-amino-alcohol motifs (C(OH)–C–C–N with tert-alkyl or cyclic N) is 2. The van der Waals surface area contributed by atoms with Crippen LogP contribution < -0.4 is 4.90 Å². The van der Waals surface area contributed by atoms with E-state index in [4.69, 9.17) is 11.6 Å². The first kappa shape index (κ1) is 12.5. The van der Waals surface area contributed by atoms with Crippen molar-refractivity contribution in [2.24, 2.45) is 0 Å². The van der Waals surface area contributed by atoms with Crippen molar-refractivity contribution in [3.8, 4) is 0 Å².